The van der Waals surface area contributed by atoms with Crippen molar-refractivity contribution in [3.05, 3.63) is 17.3 Å². The van der Waals surface area contributed by atoms with Crippen molar-refractivity contribution in [3.63, 3.8) is 0 Å². The molecule has 6 heteroatoms. The molecule has 0 spiro atoms. The highest BCUT2D eigenvalue weighted by Gasteiger charge is 2.07. The lowest BCUT2D eigenvalue weighted by molar-refractivity contribution is 0.237. The van der Waals surface area contributed by atoms with E-state index in [1.807, 2.05) is 13.8 Å². The third kappa shape index (κ3) is 6.05. The first-order chi connectivity index (χ1) is 10.5. The van der Waals surface area contributed by atoms with Gasteiger partial charge in [0.1, 0.15) is 12.3 Å². The van der Waals surface area contributed by atoms with E-state index in [0.717, 1.165) is 43.6 Å². The van der Waals surface area contributed by atoms with Gasteiger partial charge in [0.05, 0.1) is 5.69 Å². The zero-order valence-corrected chi connectivity index (χ0v) is 14.9. The Morgan fingerprint density at radius 1 is 1.27 bits per heavy atom. The summed E-state index contributed by atoms with van der Waals surface area (Å²) < 4.78 is 5.55. The van der Waals surface area contributed by atoms with E-state index < -0.39 is 0 Å². The normalized spacial score (nSPS) is 12.3. The van der Waals surface area contributed by atoms with Gasteiger partial charge in [-0.25, -0.2) is 9.98 Å². The van der Waals surface area contributed by atoms with Crippen molar-refractivity contribution in [2.24, 2.45) is 4.99 Å². The zero-order valence-electron chi connectivity index (χ0n) is 14.9. The molecule has 0 radical (unpaired) electrons. The lowest BCUT2D eigenvalue weighted by Crippen LogP contribution is -2.43. The molecule has 2 N–H and O–H groups in total. The summed E-state index contributed by atoms with van der Waals surface area (Å²) in [7, 11) is 0. The maximum atomic E-state index is 5.55. The van der Waals surface area contributed by atoms with Crippen LogP contribution in [-0.2, 0) is 6.54 Å². The van der Waals surface area contributed by atoms with E-state index in [4.69, 9.17) is 4.42 Å². The largest absolute Gasteiger partial charge is 0.444 e. The minimum absolute atomic E-state index is 0.450. The number of guanidine groups is 1. The highest BCUT2D eigenvalue weighted by Crippen LogP contribution is 2.08. The first kappa shape index (κ1) is 18.5. The molecule has 126 valence electrons. The topological polar surface area (TPSA) is 65.7 Å². The van der Waals surface area contributed by atoms with E-state index in [9.17, 15) is 0 Å². The van der Waals surface area contributed by atoms with Crippen molar-refractivity contribution < 1.29 is 4.42 Å². The van der Waals surface area contributed by atoms with E-state index in [2.05, 4.69) is 53.2 Å². The molecule has 6 nitrogen and oxygen atoms in total. The van der Waals surface area contributed by atoms with Gasteiger partial charge in [-0.05, 0) is 41.2 Å². The van der Waals surface area contributed by atoms with Crippen molar-refractivity contribution in [3.8, 4) is 0 Å². The standard InChI is InChI=1S/C16H31N5O/c1-7-17-16(18-9-10-21(8-2)12(3)4)19-11-15-20-13(5)14(6)22-15/h12H,7-11H2,1-6H3,(H2,17,18,19). The van der Waals surface area contributed by atoms with Gasteiger partial charge < -0.3 is 15.1 Å². The third-order valence-electron chi connectivity index (χ3n) is 3.62. The Labute approximate surface area is 134 Å². The molecule has 1 aromatic heterocycles. The molecule has 22 heavy (non-hydrogen) atoms. The summed E-state index contributed by atoms with van der Waals surface area (Å²) in [5, 5.41) is 6.61. The molecule has 1 rings (SSSR count). The Morgan fingerprint density at radius 3 is 2.50 bits per heavy atom. The number of rotatable bonds is 8. The van der Waals surface area contributed by atoms with Gasteiger partial charge in [0.25, 0.3) is 0 Å². The SMILES string of the molecule is CCNC(=NCc1nc(C)c(C)o1)NCCN(CC)C(C)C. The van der Waals surface area contributed by atoms with Gasteiger partial charge in [0.2, 0.25) is 5.89 Å². The van der Waals surface area contributed by atoms with Crippen LogP contribution in [0.4, 0.5) is 0 Å². The Hall–Kier alpha value is -1.56. The molecule has 0 saturated heterocycles. The number of nitrogens with one attached hydrogen (secondary N) is 2. The van der Waals surface area contributed by atoms with Crippen LogP contribution >= 0.6 is 0 Å². The van der Waals surface area contributed by atoms with Gasteiger partial charge >= 0.3 is 0 Å². The molecule has 0 amide bonds. The second-order valence-corrected chi connectivity index (χ2v) is 5.59. The van der Waals surface area contributed by atoms with Crippen LogP contribution in [0.1, 0.15) is 45.0 Å². The summed E-state index contributed by atoms with van der Waals surface area (Å²) in [6, 6.07) is 0.560. The monoisotopic (exact) mass is 309 g/mol. The van der Waals surface area contributed by atoms with Crippen molar-refractivity contribution in [2.45, 2.75) is 54.1 Å². The van der Waals surface area contributed by atoms with Gasteiger partial charge in [-0.3, -0.25) is 4.90 Å². The van der Waals surface area contributed by atoms with Crippen LogP contribution in [-0.4, -0.2) is 48.1 Å². The van der Waals surface area contributed by atoms with E-state index in [1.165, 1.54) is 0 Å². The summed E-state index contributed by atoms with van der Waals surface area (Å²) in [4.78, 5) is 11.3. The fraction of sp³-hybridized carbons (Fsp3) is 0.750. The van der Waals surface area contributed by atoms with Crippen LogP contribution in [0.15, 0.2) is 9.41 Å². The first-order valence-electron chi connectivity index (χ1n) is 8.17. The molecule has 0 aliphatic carbocycles. The maximum Gasteiger partial charge on any atom is 0.216 e. The quantitative estimate of drug-likeness (QED) is 0.568. The van der Waals surface area contributed by atoms with Crippen molar-refractivity contribution in [1.29, 1.82) is 0 Å². The number of aromatic nitrogens is 1. The zero-order chi connectivity index (χ0) is 16.5. The van der Waals surface area contributed by atoms with Crippen LogP contribution in [0.25, 0.3) is 0 Å². The third-order valence-corrected chi connectivity index (χ3v) is 3.62. The van der Waals surface area contributed by atoms with Crippen molar-refractivity contribution >= 4 is 5.96 Å². The Morgan fingerprint density at radius 2 is 2.00 bits per heavy atom. The number of aryl methyl sites for hydroxylation is 2. The Balaban J connectivity index is 2.51. The summed E-state index contributed by atoms with van der Waals surface area (Å²) >= 11 is 0. The van der Waals surface area contributed by atoms with Crippen LogP contribution < -0.4 is 10.6 Å². The molecule has 0 aromatic carbocycles. The Kier molecular flexibility index (Phi) is 7.95. The number of aliphatic imine (C=N–C) groups is 1. The van der Waals surface area contributed by atoms with Gasteiger partial charge in [-0.1, -0.05) is 6.92 Å². The maximum absolute atomic E-state index is 5.55. The predicted octanol–water partition coefficient (Wildman–Crippen LogP) is 2.08. The summed E-state index contributed by atoms with van der Waals surface area (Å²) in [5.74, 6) is 2.32. The van der Waals surface area contributed by atoms with Gasteiger partial charge in [-0.15, -0.1) is 0 Å². The van der Waals surface area contributed by atoms with Crippen molar-refractivity contribution in [1.82, 2.24) is 20.5 Å². The molecular formula is C16H31N5O. The fourth-order valence-corrected chi connectivity index (χ4v) is 2.19. The lowest BCUT2D eigenvalue weighted by Gasteiger charge is -2.25. The average Bonchev–Trinajstić information content (AvgIpc) is 2.79. The van der Waals surface area contributed by atoms with Gasteiger partial charge in [-0.2, -0.15) is 0 Å². The van der Waals surface area contributed by atoms with Crippen LogP contribution in [0, 0.1) is 13.8 Å². The molecule has 0 unspecified atom stereocenters. The number of likely N-dealkylation sites (N-methyl/N-ethyl adjacent to an activating group) is 1. The Bertz CT molecular complexity index is 448. The molecule has 0 saturated carbocycles. The second-order valence-electron chi connectivity index (χ2n) is 5.59. The fourth-order valence-electron chi connectivity index (χ4n) is 2.19. The van der Waals surface area contributed by atoms with Gasteiger partial charge in [0, 0.05) is 25.7 Å². The van der Waals surface area contributed by atoms with Gasteiger partial charge in [0.15, 0.2) is 5.96 Å². The molecular weight excluding hydrogens is 278 g/mol. The van der Waals surface area contributed by atoms with E-state index >= 15 is 0 Å². The minimum atomic E-state index is 0.450. The summed E-state index contributed by atoms with van der Waals surface area (Å²) in [6.45, 7) is 16.7. The highest BCUT2D eigenvalue weighted by molar-refractivity contribution is 5.79. The average molecular weight is 309 g/mol. The van der Waals surface area contributed by atoms with Crippen molar-refractivity contribution in [2.75, 3.05) is 26.2 Å². The van der Waals surface area contributed by atoms with Crippen LogP contribution in [0.2, 0.25) is 0 Å². The molecule has 1 heterocycles. The molecule has 0 bridgehead atoms. The number of oxazole rings is 1. The lowest BCUT2D eigenvalue weighted by atomic mass is 10.3. The predicted molar refractivity (Wildman–Crippen MR) is 91.2 cm³/mol. The van der Waals surface area contributed by atoms with Crippen LogP contribution in [0.5, 0.6) is 0 Å². The van der Waals surface area contributed by atoms with E-state index in [0.29, 0.717) is 18.5 Å². The number of hydrogen-bond acceptors (Lipinski definition) is 4. The smallest absolute Gasteiger partial charge is 0.216 e. The van der Waals surface area contributed by atoms with E-state index in [-0.39, 0.29) is 0 Å². The molecule has 0 fully saturated rings. The first-order valence-corrected chi connectivity index (χ1v) is 8.17. The number of hydrogen-bond donors (Lipinski definition) is 2. The molecule has 0 aliphatic heterocycles. The highest BCUT2D eigenvalue weighted by atomic mass is 16.4. The summed E-state index contributed by atoms with van der Waals surface area (Å²) in [6.07, 6.45) is 0. The number of nitrogens with zero attached hydrogens (tertiary/aromatic N) is 3. The molecule has 0 atom stereocenters. The second kappa shape index (κ2) is 9.46. The summed E-state index contributed by atoms with van der Waals surface area (Å²) in [5.41, 5.74) is 0.929. The molecule has 1 aromatic rings. The van der Waals surface area contributed by atoms with Crippen LogP contribution in [0.3, 0.4) is 0 Å². The minimum Gasteiger partial charge on any atom is -0.444 e. The van der Waals surface area contributed by atoms with E-state index in [1.54, 1.807) is 0 Å². The molecule has 0 aliphatic rings.